The van der Waals surface area contributed by atoms with Crippen LogP contribution in [0.5, 0.6) is 17.8 Å². The zero-order chi connectivity index (χ0) is 14.4. The standard InChI is InChI=1S/C13H17N5O2/c1-3-9-5-7-10(8-6-9)20-13-16-11(18-14)15-12(17-13)19-4-2/h5-8H,3-4,14H2,1-2H3,(H,15,16,17,18). The van der Waals surface area contributed by atoms with Gasteiger partial charge in [-0.15, -0.1) is 4.98 Å². The molecule has 0 atom stereocenters. The summed E-state index contributed by atoms with van der Waals surface area (Å²) in [6.45, 7) is 4.37. The summed E-state index contributed by atoms with van der Waals surface area (Å²) >= 11 is 0. The number of anilines is 1. The number of nitrogens with two attached hydrogens (primary N) is 1. The van der Waals surface area contributed by atoms with Gasteiger partial charge in [-0.05, 0) is 31.0 Å². The molecule has 106 valence electrons. The van der Waals surface area contributed by atoms with E-state index in [-0.39, 0.29) is 18.0 Å². The summed E-state index contributed by atoms with van der Waals surface area (Å²) in [5, 5.41) is 0. The fourth-order valence-electron chi connectivity index (χ4n) is 1.54. The second kappa shape index (κ2) is 6.67. The van der Waals surface area contributed by atoms with Gasteiger partial charge in [0.25, 0.3) is 0 Å². The van der Waals surface area contributed by atoms with Crippen LogP contribution in [-0.4, -0.2) is 21.6 Å². The minimum atomic E-state index is 0.126. The minimum Gasteiger partial charge on any atom is -0.464 e. The van der Waals surface area contributed by atoms with E-state index in [0.29, 0.717) is 12.4 Å². The molecule has 20 heavy (non-hydrogen) atoms. The van der Waals surface area contributed by atoms with Crippen molar-refractivity contribution in [2.75, 3.05) is 12.0 Å². The van der Waals surface area contributed by atoms with Crippen LogP contribution in [0.15, 0.2) is 24.3 Å². The van der Waals surface area contributed by atoms with Crippen LogP contribution in [0, 0.1) is 0 Å². The van der Waals surface area contributed by atoms with Crippen molar-refractivity contribution < 1.29 is 9.47 Å². The summed E-state index contributed by atoms with van der Waals surface area (Å²) in [6, 6.07) is 7.98. The van der Waals surface area contributed by atoms with E-state index in [1.54, 1.807) is 0 Å². The van der Waals surface area contributed by atoms with Gasteiger partial charge in [-0.1, -0.05) is 19.1 Å². The third-order valence-electron chi connectivity index (χ3n) is 2.54. The number of nitrogen functional groups attached to an aromatic ring is 1. The summed E-state index contributed by atoms with van der Waals surface area (Å²) in [6.07, 6.45) is 0.974. The number of ether oxygens (including phenoxy) is 2. The molecular weight excluding hydrogens is 258 g/mol. The lowest BCUT2D eigenvalue weighted by atomic mass is 10.2. The Balaban J connectivity index is 2.20. The van der Waals surface area contributed by atoms with Crippen LogP contribution in [0.3, 0.4) is 0 Å². The van der Waals surface area contributed by atoms with Gasteiger partial charge in [0.15, 0.2) is 0 Å². The molecule has 0 aliphatic rings. The van der Waals surface area contributed by atoms with Crippen molar-refractivity contribution in [3.8, 4) is 17.8 Å². The molecule has 0 amide bonds. The minimum absolute atomic E-state index is 0.126. The maximum atomic E-state index is 5.57. The van der Waals surface area contributed by atoms with Crippen LogP contribution in [0.4, 0.5) is 5.95 Å². The van der Waals surface area contributed by atoms with Crippen molar-refractivity contribution in [1.29, 1.82) is 0 Å². The molecule has 1 aromatic heterocycles. The summed E-state index contributed by atoms with van der Waals surface area (Å²) in [5.74, 6) is 6.12. The summed E-state index contributed by atoms with van der Waals surface area (Å²) < 4.78 is 10.8. The second-order valence-electron chi connectivity index (χ2n) is 3.90. The third-order valence-corrected chi connectivity index (χ3v) is 2.54. The number of hydrogen-bond acceptors (Lipinski definition) is 7. The Bertz CT molecular complexity index is 559. The zero-order valence-corrected chi connectivity index (χ0v) is 11.5. The number of hydrogen-bond donors (Lipinski definition) is 2. The molecule has 2 aromatic rings. The van der Waals surface area contributed by atoms with Crippen molar-refractivity contribution in [3.05, 3.63) is 29.8 Å². The number of hydrazine groups is 1. The van der Waals surface area contributed by atoms with Crippen molar-refractivity contribution in [1.82, 2.24) is 15.0 Å². The van der Waals surface area contributed by atoms with Gasteiger partial charge in [0, 0.05) is 0 Å². The lowest BCUT2D eigenvalue weighted by Crippen LogP contribution is -2.12. The summed E-state index contributed by atoms with van der Waals surface area (Å²) in [5.41, 5.74) is 3.58. The maximum Gasteiger partial charge on any atom is 0.330 e. The molecule has 0 aliphatic carbocycles. The number of aromatic nitrogens is 3. The van der Waals surface area contributed by atoms with Crippen LogP contribution >= 0.6 is 0 Å². The molecule has 7 nitrogen and oxygen atoms in total. The molecule has 0 aliphatic heterocycles. The smallest absolute Gasteiger partial charge is 0.330 e. The molecule has 0 fully saturated rings. The Kier molecular flexibility index (Phi) is 4.67. The highest BCUT2D eigenvalue weighted by Crippen LogP contribution is 2.21. The van der Waals surface area contributed by atoms with Gasteiger partial charge in [0.1, 0.15) is 5.75 Å². The first-order valence-corrected chi connectivity index (χ1v) is 6.37. The SMILES string of the molecule is CCOc1nc(NN)nc(Oc2ccc(CC)cc2)n1. The number of nitrogens with zero attached hydrogens (tertiary/aromatic N) is 3. The van der Waals surface area contributed by atoms with E-state index >= 15 is 0 Å². The zero-order valence-electron chi connectivity index (χ0n) is 11.5. The van der Waals surface area contributed by atoms with Crippen LogP contribution < -0.4 is 20.7 Å². The predicted molar refractivity (Wildman–Crippen MR) is 74.7 cm³/mol. The number of aryl methyl sites for hydroxylation is 1. The average Bonchev–Trinajstić information content (AvgIpc) is 2.48. The fourth-order valence-corrected chi connectivity index (χ4v) is 1.54. The van der Waals surface area contributed by atoms with Crippen LogP contribution in [-0.2, 0) is 6.42 Å². The van der Waals surface area contributed by atoms with Gasteiger partial charge in [-0.25, -0.2) is 5.84 Å². The van der Waals surface area contributed by atoms with E-state index in [4.69, 9.17) is 15.3 Å². The van der Waals surface area contributed by atoms with Crippen LogP contribution in [0.1, 0.15) is 19.4 Å². The molecule has 0 spiro atoms. The Labute approximate surface area is 117 Å². The van der Waals surface area contributed by atoms with Gasteiger partial charge in [0.2, 0.25) is 5.95 Å². The molecule has 2 rings (SSSR count). The van der Waals surface area contributed by atoms with Crippen molar-refractivity contribution >= 4 is 5.95 Å². The molecule has 1 heterocycles. The lowest BCUT2D eigenvalue weighted by molar-refractivity contribution is 0.304. The lowest BCUT2D eigenvalue weighted by Gasteiger charge is -2.08. The molecule has 7 heteroatoms. The predicted octanol–water partition coefficient (Wildman–Crippen LogP) is 1.91. The van der Waals surface area contributed by atoms with Gasteiger partial charge >= 0.3 is 12.0 Å². The van der Waals surface area contributed by atoms with Crippen molar-refractivity contribution in [2.45, 2.75) is 20.3 Å². The van der Waals surface area contributed by atoms with E-state index in [9.17, 15) is 0 Å². The first-order chi connectivity index (χ1) is 9.75. The summed E-state index contributed by atoms with van der Waals surface area (Å²) in [4.78, 5) is 12.0. The first kappa shape index (κ1) is 14.0. The van der Waals surface area contributed by atoms with Gasteiger partial charge in [-0.3, -0.25) is 5.43 Å². The molecule has 0 bridgehead atoms. The third kappa shape index (κ3) is 3.55. The van der Waals surface area contributed by atoms with Gasteiger partial charge in [0.05, 0.1) is 6.61 Å². The quantitative estimate of drug-likeness (QED) is 0.614. The molecule has 0 saturated heterocycles. The van der Waals surface area contributed by atoms with E-state index in [0.717, 1.165) is 6.42 Å². The topological polar surface area (TPSA) is 95.2 Å². The molecular formula is C13H17N5O2. The highest BCUT2D eigenvalue weighted by atomic mass is 16.5. The molecule has 3 N–H and O–H groups in total. The molecule has 0 saturated carbocycles. The highest BCUT2D eigenvalue weighted by molar-refractivity contribution is 5.31. The molecule has 1 aromatic carbocycles. The van der Waals surface area contributed by atoms with Gasteiger partial charge < -0.3 is 9.47 Å². The Morgan fingerprint density at radius 3 is 2.35 bits per heavy atom. The normalized spacial score (nSPS) is 10.2. The van der Waals surface area contributed by atoms with E-state index in [1.165, 1.54) is 5.56 Å². The monoisotopic (exact) mass is 275 g/mol. The van der Waals surface area contributed by atoms with E-state index < -0.39 is 0 Å². The number of nitrogens with one attached hydrogen (secondary N) is 1. The van der Waals surface area contributed by atoms with E-state index in [2.05, 4.69) is 27.3 Å². The molecule has 0 unspecified atom stereocenters. The molecule has 0 radical (unpaired) electrons. The van der Waals surface area contributed by atoms with Crippen LogP contribution in [0.2, 0.25) is 0 Å². The maximum absolute atomic E-state index is 5.57. The highest BCUT2D eigenvalue weighted by Gasteiger charge is 2.08. The summed E-state index contributed by atoms with van der Waals surface area (Å²) in [7, 11) is 0. The fraction of sp³-hybridized carbons (Fsp3) is 0.308. The van der Waals surface area contributed by atoms with Gasteiger partial charge in [-0.2, -0.15) is 9.97 Å². The van der Waals surface area contributed by atoms with Crippen molar-refractivity contribution in [2.24, 2.45) is 5.84 Å². The Morgan fingerprint density at radius 1 is 1.05 bits per heavy atom. The average molecular weight is 275 g/mol. The Hall–Kier alpha value is -2.41. The first-order valence-electron chi connectivity index (χ1n) is 6.37. The number of rotatable bonds is 6. The largest absolute Gasteiger partial charge is 0.464 e. The Morgan fingerprint density at radius 2 is 1.75 bits per heavy atom. The van der Waals surface area contributed by atoms with Crippen molar-refractivity contribution in [3.63, 3.8) is 0 Å². The number of benzene rings is 1. The second-order valence-corrected chi connectivity index (χ2v) is 3.90. The van der Waals surface area contributed by atoms with Crippen LogP contribution in [0.25, 0.3) is 0 Å². The van der Waals surface area contributed by atoms with E-state index in [1.807, 2.05) is 31.2 Å².